The van der Waals surface area contributed by atoms with E-state index in [0.29, 0.717) is 6.61 Å². The van der Waals surface area contributed by atoms with Crippen LogP contribution in [0, 0.1) is 0 Å². The molecule has 0 radical (unpaired) electrons. The molecule has 0 aliphatic carbocycles. The number of rotatable bonds is 9. The van der Waals surface area contributed by atoms with Crippen LogP contribution in [-0.2, 0) is 11.3 Å². The van der Waals surface area contributed by atoms with E-state index in [1.54, 1.807) is 7.11 Å². The van der Waals surface area contributed by atoms with Crippen LogP contribution in [0.25, 0.3) is 0 Å². The molecule has 1 aromatic rings. The van der Waals surface area contributed by atoms with Crippen LogP contribution < -0.4 is 14.8 Å². The predicted molar refractivity (Wildman–Crippen MR) is 72.1 cm³/mol. The summed E-state index contributed by atoms with van der Waals surface area (Å²) in [6.45, 7) is 6.73. The van der Waals surface area contributed by atoms with Gasteiger partial charge in [0.25, 0.3) is 0 Å². The third kappa shape index (κ3) is 4.55. The van der Waals surface area contributed by atoms with E-state index in [0.717, 1.165) is 36.6 Å². The Morgan fingerprint density at radius 3 is 2.72 bits per heavy atom. The fraction of sp³-hybridized carbons (Fsp3) is 0.571. The van der Waals surface area contributed by atoms with Gasteiger partial charge in [0.15, 0.2) is 18.3 Å². The Morgan fingerprint density at radius 1 is 1.22 bits per heavy atom. The lowest BCUT2D eigenvalue weighted by Crippen LogP contribution is -2.15. The molecule has 0 unspecified atom stereocenters. The smallest absolute Gasteiger partial charge is 0.189 e. The molecule has 0 aromatic heterocycles. The van der Waals surface area contributed by atoms with Gasteiger partial charge < -0.3 is 19.5 Å². The van der Waals surface area contributed by atoms with Gasteiger partial charge in [-0.15, -0.1) is 0 Å². The summed E-state index contributed by atoms with van der Waals surface area (Å²) in [5.41, 5.74) is 1.09. The largest absolute Gasteiger partial charge is 0.493 e. The molecule has 0 saturated heterocycles. The zero-order chi connectivity index (χ0) is 13.2. The molecule has 4 heteroatoms. The lowest BCUT2D eigenvalue weighted by molar-refractivity contribution is 0.0202. The molecule has 1 N–H and O–H groups in total. The summed E-state index contributed by atoms with van der Waals surface area (Å²) in [6, 6.07) is 5.90. The molecule has 4 nitrogen and oxygen atoms in total. The SMILES string of the molecule is CCCNCc1cccc(OC)c1OCOCC. The molecule has 0 heterocycles. The third-order valence-corrected chi connectivity index (χ3v) is 2.51. The molecule has 0 atom stereocenters. The zero-order valence-electron chi connectivity index (χ0n) is 11.5. The molecule has 1 rings (SSSR count). The Bertz CT molecular complexity index is 342. The molecule has 0 aliphatic rings. The maximum absolute atomic E-state index is 5.64. The first kappa shape index (κ1) is 14.8. The van der Waals surface area contributed by atoms with E-state index in [1.165, 1.54) is 0 Å². The van der Waals surface area contributed by atoms with Gasteiger partial charge >= 0.3 is 0 Å². The topological polar surface area (TPSA) is 39.7 Å². The number of hydrogen-bond acceptors (Lipinski definition) is 4. The lowest BCUT2D eigenvalue weighted by atomic mass is 10.2. The molecular formula is C14H23NO3. The average molecular weight is 253 g/mol. The molecule has 1 aromatic carbocycles. The van der Waals surface area contributed by atoms with Gasteiger partial charge in [-0.3, -0.25) is 0 Å². The normalized spacial score (nSPS) is 10.4. The van der Waals surface area contributed by atoms with Gasteiger partial charge in [0.2, 0.25) is 0 Å². The maximum Gasteiger partial charge on any atom is 0.189 e. The second-order valence-electron chi connectivity index (χ2n) is 3.88. The molecule has 0 amide bonds. The molecule has 18 heavy (non-hydrogen) atoms. The molecular weight excluding hydrogens is 230 g/mol. The fourth-order valence-corrected chi connectivity index (χ4v) is 1.61. The van der Waals surface area contributed by atoms with Gasteiger partial charge in [-0.05, 0) is 26.0 Å². The second kappa shape index (κ2) is 8.78. The first-order valence-corrected chi connectivity index (χ1v) is 6.40. The van der Waals surface area contributed by atoms with Crippen molar-refractivity contribution in [1.82, 2.24) is 5.32 Å². The highest BCUT2D eigenvalue weighted by molar-refractivity contribution is 5.46. The van der Waals surface area contributed by atoms with Gasteiger partial charge in [-0.25, -0.2) is 0 Å². The van der Waals surface area contributed by atoms with Crippen LogP contribution in [0.2, 0.25) is 0 Å². The van der Waals surface area contributed by atoms with Crippen molar-refractivity contribution in [1.29, 1.82) is 0 Å². The summed E-state index contributed by atoms with van der Waals surface area (Å²) in [7, 11) is 1.64. The maximum atomic E-state index is 5.64. The van der Waals surface area contributed by atoms with Crippen LogP contribution in [0.1, 0.15) is 25.8 Å². The molecule has 0 saturated carbocycles. The van der Waals surface area contributed by atoms with Crippen LogP contribution in [-0.4, -0.2) is 27.1 Å². The number of ether oxygens (including phenoxy) is 3. The predicted octanol–water partition coefficient (Wildman–Crippen LogP) is 2.57. The van der Waals surface area contributed by atoms with Gasteiger partial charge in [-0.1, -0.05) is 19.1 Å². The number of benzene rings is 1. The van der Waals surface area contributed by atoms with Crippen LogP contribution in [0.4, 0.5) is 0 Å². The van der Waals surface area contributed by atoms with Gasteiger partial charge in [0.05, 0.1) is 7.11 Å². The summed E-state index contributed by atoms with van der Waals surface area (Å²) in [4.78, 5) is 0. The molecule has 102 valence electrons. The summed E-state index contributed by atoms with van der Waals surface area (Å²) < 4.78 is 16.2. The number of hydrogen-bond donors (Lipinski definition) is 1. The third-order valence-electron chi connectivity index (χ3n) is 2.51. The van der Waals surface area contributed by atoms with E-state index in [1.807, 2.05) is 25.1 Å². The van der Waals surface area contributed by atoms with E-state index in [-0.39, 0.29) is 6.79 Å². The Kier molecular flexibility index (Phi) is 7.22. The molecule has 0 fully saturated rings. The standard InChI is InChI=1S/C14H23NO3/c1-4-9-15-10-12-7-6-8-13(16-3)14(12)18-11-17-5-2/h6-8,15H,4-5,9-11H2,1-3H3. The minimum absolute atomic E-state index is 0.248. The van der Waals surface area contributed by atoms with Crippen molar-refractivity contribution in [2.45, 2.75) is 26.8 Å². The highest BCUT2D eigenvalue weighted by Crippen LogP contribution is 2.31. The lowest BCUT2D eigenvalue weighted by Gasteiger charge is -2.15. The van der Waals surface area contributed by atoms with E-state index >= 15 is 0 Å². The monoisotopic (exact) mass is 253 g/mol. The average Bonchev–Trinajstić information content (AvgIpc) is 2.40. The summed E-state index contributed by atoms with van der Waals surface area (Å²) in [5.74, 6) is 1.50. The number of methoxy groups -OCH3 is 1. The van der Waals surface area contributed by atoms with E-state index < -0.39 is 0 Å². The first-order chi connectivity index (χ1) is 8.83. The zero-order valence-corrected chi connectivity index (χ0v) is 11.5. The van der Waals surface area contributed by atoms with Crippen molar-refractivity contribution in [3.63, 3.8) is 0 Å². The number of para-hydroxylation sites is 1. The van der Waals surface area contributed by atoms with Gasteiger partial charge in [0, 0.05) is 18.7 Å². The van der Waals surface area contributed by atoms with Crippen LogP contribution in [0.3, 0.4) is 0 Å². The first-order valence-electron chi connectivity index (χ1n) is 6.40. The Balaban J connectivity index is 2.72. The van der Waals surface area contributed by atoms with E-state index in [2.05, 4.69) is 12.2 Å². The van der Waals surface area contributed by atoms with Crippen molar-refractivity contribution in [3.8, 4) is 11.5 Å². The van der Waals surface area contributed by atoms with E-state index in [9.17, 15) is 0 Å². The molecule has 0 spiro atoms. The van der Waals surface area contributed by atoms with Crippen molar-refractivity contribution in [2.24, 2.45) is 0 Å². The van der Waals surface area contributed by atoms with Gasteiger partial charge in [0.1, 0.15) is 0 Å². The fourth-order valence-electron chi connectivity index (χ4n) is 1.61. The van der Waals surface area contributed by atoms with Crippen molar-refractivity contribution >= 4 is 0 Å². The molecule has 0 aliphatic heterocycles. The van der Waals surface area contributed by atoms with Crippen LogP contribution in [0.15, 0.2) is 18.2 Å². The minimum Gasteiger partial charge on any atom is -0.493 e. The Morgan fingerprint density at radius 2 is 2.06 bits per heavy atom. The quantitative estimate of drug-likeness (QED) is 0.542. The van der Waals surface area contributed by atoms with Crippen LogP contribution >= 0.6 is 0 Å². The Labute approximate surface area is 109 Å². The summed E-state index contributed by atoms with van der Waals surface area (Å²) in [5, 5.41) is 3.36. The highest BCUT2D eigenvalue weighted by Gasteiger charge is 2.10. The highest BCUT2D eigenvalue weighted by atomic mass is 16.7. The summed E-state index contributed by atoms with van der Waals surface area (Å²) >= 11 is 0. The van der Waals surface area contributed by atoms with Crippen LogP contribution in [0.5, 0.6) is 11.5 Å². The van der Waals surface area contributed by atoms with Gasteiger partial charge in [-0.2, -0.15) is 0 Å². The second-order valence-corrected chi connectivity index (χ2v) is 3.88. The summed E-state index contributed by atoms with van der Waals surface area (Å²) in [6.07, 6.45) is 1.11. The molecule has 0 bridgehead atoms. The minimum atomic E-state index is 0.248. The Hall–Kier alpha value is -1.26. The van der Waals surface area contributed by atoms with Crippen molar-refractivity contribution in [2.75, 3.05) is 27.1 Å². The number of nitrogens with one attached hydrogen (secondary N) is 1. The van der Waals surface area contributed by atoms with Crippen molar-refractivity contribution in [3.05, 3.63) is 23.8 Å². The van der Waals surface area contributed by atoms with Crippen molar-refractivity contribution < 1.29 is 14.2 Å². The van der Waals surface area contributed by atoms with E-state index in [4.69, 9.17) is 14.2 Å².